The van der Waals surface area contributed by atoms with Crippen LogP contribution in [-0.4, -0.2) is 50.4 Å². The first-order valence-corrected chi connectivity index (χ1v) is 14.1. The van der Waals surface area contributed by atoms with Crippen molar-refractivity contribution < 1.29 is 33.2 Å². The Hall–Kier alpha value is -1.75. The lowest BCUT2D eigenvalue weighted by molar-refractivity contribution is -0.334. The summed E-state index contributed by atoms with van der Waals surface area (Å²) in [4.78, 5) is 0. The van der Waals surface area contributed by atoms with E-state index in [2.05, 4.69) is 0 Å². The third-order valence-corrected chi connectivity index (χ3v) is 7.57. The summed E-state index contributed by atoms with van der Waals surface area (Å²) in [7, 11) is 1.52. The monoisotopic (exact) mass is 608 g/mol. The Balaban J connectivity index is 1.37. The van der Waals surface area contributed by atoms with Crippen LogP contribution < -0.4 is 0 Å². The van der Waals surface area contributed by atoms with Crippen molar-refractivity contribution in [3.63, 3.8) is 0 Å². The topological polar surface area (TPSA) is 64.6 Å². The largest absolute Gasteiger partial charge is 0.374 e. The van der Waals surface area contributed by atoms with Gasteiger partial charge in [-0.05, 0) is 53.1 Å². The maximum atomic E-state index is 6.49. The Bertz CT molecular complexity index is 1230. The standard InChI is InChI=1S/C30H31Cl3O7/c1-30(34-2)39-28-27(37-17-21-7-13-24(33)14-8-21)26(36-16-20-5-11-23(32)12-6-20)25(38-29(28)40-30)18-35-15-19-3-9-22(31)10-4-19/h3-14,25-29H,15-18H2,1-2H3/t25-,26+,27-,28+,29+,30+/m1/s1. The Kier molecular flexibility index (Phi) is 10.0. The number of hydrogen-bond donors (Lipinski definition) is 0. The Labute approximate surface area is 249 Å². The van der Waals surface area contributed by atoms with Crippen LogP contribution in [0.5, 0.6) is 0 Å². The molecule has 2 aliphatic heterocycles. The molecule has 0 radical (unpaired) electrons. The molecule has 40 heavy (non-hydrogen) atoms. The van der Waals surface area contributed by atoms with Gasteiger partial charge in [-0.3, -0.25) is 4.74 Å². The van der Waals surface area contributed by atoms with Gasteiger partial charge in [-0.25, -0.2) is 0 Å². The lowest BCUT2D eigenvalue weighted by Gasteiger charge is -2.42. The predicted octanol–water partition coefficient (Wildman–Crippen LogP) is 6.79. The van der Waals surface area contributed by atoms with E-state index in [4.69, 9.17) is 68.0 Å². The second-order valence-electron chi connectivity index (χ2n) is 9.76. The summed E-state index contributed by atoms with van der Waals surface area (Å²) in [5, 5.41) is 1.97. The lowest BCUT2D eigenvalue weighted by Crippen LogP contribution is -2.59. The van der Waals surface area contributed by atoms with Crippen molar-refractivity contribution in [3.8, 4) is 0 Å². The molecule has 0 saturated carbocycles. The van der Waals surface area contributed by atoms with E-state index in [9.17, 15) is 0 Å². The molecule has 0 unspecified atom stereocenters. The maximum Gasteiger partial charge on any atom is 0.282 e. The van der Waals surface area contributed by atoms with E-state index < -0.39 is 36.7 Å². The molecule has 0 aromatic heterocycles. The molecule has 10 heteroatoms. The fourth-order valence-corrected chi connectivity index (χ4v) is 5.00. The Morgan fingerprint density at radius 3 is 1.65 bits per heavy atom. The number of ether oxygens (including phenoxy) is 7. The summed E-state index contributed by atoms with van der Waals surface area (Å²) in [6, 6.07) is 22.5. The minimum absolute atomic E-state index is 0.227. The van der Waals surface area contributed by atoms with Crippen LogP contribution in [-0.2, 0) is 53.0 Å². The minimum atomic E-state index is -1.29. The molecule has 0 aliphatic carbocycles. The van der Waals surface area contributed by atoms with E-state index in [-0.39, 0.29) is 6.61 Å². The zero-order valence-electron chi connectivity index (χ0n) is 22.1. The number of hydrogen-bond acceptors (Lipinski definition) is 7. The van der Waals surface area contributed by atoms with E-state index in [1.54, 1.807) is 6.92 Å². The molecular formula is C30H31Cl3O7. The molecule has 2 fully saturated rings. The highest BCUT2D eigenvalue weighted by molar-refractivity contribution is 6.31. The molecular weight excluding hydrogens is 579 g/mol. The normalized spacial score (nSPS) is 28.0. The van der Waals surface area contributed by atoms with Crippen molar-refractivity contribution in [1.29, 1.82) is 0 Å². The number of rotatable bonds is 11. The highest BCUT2D eigenvalue weighted by Crippen LogP contribution is 2.39. The van der Waals surface area contributed by atoms with E-state index >= 15 is 0 Å². The predicted molar refractivity (Wildman–Crippen MR) is 151 cm³/mol. The summed E-state index contributed by atoms with van der Waals surface area (Å²) in [5.41, 5.74) is 2.89. The number of halogens is 3. The highest BCUT2D eigenvalue weighted by atomic mass is 35.5. The number of benzene rings is 3. The van der Waals surface area contributed by atoms with Crippen LogP contribution in [0.2, 0.25) is 15.1 Å². The first kappa shape index (κ1) is 29.7. The molecule has 3 aromatic carbocycles. The third kappa shape index (κ3) is 7.55. The van der Waals surface area contributed by atoms with Crippen molar-refractivity contribution in [2.45, 2.75) is 63.4 Å². The molecule has 5 rings (SSSR count). The lowest BCUT2D eigenvalue weighted by atomic mass is 9.98. The fourth-order valence-electron chi connectivity index (χ4n) is 4.63. The summed E-state index contributed by atoms with van der Waals surface area (Å²) < 4.78 is 43.1. The first-order valence-electron chi connectivity index (χ1n) is 12.9. The average Bonchev–Trinajstić information content (AvgIpc) is 3.30. The zero-order valence-corrected chi connectivity index (χ0v) is 24.4. The van der Waals surface area contributed by atoms with Crippen LogP contribution >= 0.6 is 34.8 Å². The molecule has 0 N–H and O–H groups in total. The van der Waals surface area contributed by atoms with Gasteiger partial charge in [-0.1, -0.05) is 71.2 Å². The molecule has 7 nitrogen and oxygen atoms in total. The van der Waals surface area contributed by atoms with Crippen LogP contribution in [0.25, 0.3) is 0 Å². The molecule has 2 saturated heterocycles. The summed E-state index contributed by atoms with van der Waals surface area (Å²) in [6.45, 7) is 2.90. The van der Waals surface area contributed by atoms with Gasteiger partial charge < -0.3 is 28.4 Å². The Morgan fingerprint density at radius 1 is 0.675 bits per heavy atom. The number of methoxy groups -OCH3 is 1. The van der Waals surface area contributed by atoms with Gasteiger partial charge in [0.15, 0.2) is 6.29 Å². The van der Waals surface area contributed by atoms with Gasteiger partial charge in [0.2, 0.25) is 0 Å². The van der Waals surface area contributed by atoms with Gasteiger partial charge >= 0.3 is 0 Å². The van der Waals surface area contributed by atoms with Crippen molar-refractivity contribution in [2.75, 3.05) is 13.7 Å². The molecule has 0 spiro atoms. The van der Waals surface area contributed by atoms with E-state index in [0.717, 1.165) is 16.7 Å². The summed E-state index contributed by atoms with van der Waals surface area (Å²) in [6.07, 6.45) is -3.02. The fraction of sp³-hybridized carbons (Fsp3) is 0.400. The summed E-state index contributed by atoms with van der Waals surface area (Å²) in [5.74, 6) is -1.29. The zero-order chi connectivity index (χ0) is 28.1. The second-order valence-corrected chi connectivity index (χ2v) is 11.1. The molecule has 214 valence electrons. The molecule has 0 bridgehead atoms. The smallest absolute Gasteiger partial charge is 0.282 e. The molecule has 2 heterocycles. The van der Waals surface area contributed by atoms with Gasteiger partial charge in [-0.15, -0.1) is 0 Å². The van der Waals surface area contributed by atoms with Crippen molar-refractivity contribution in [1.82, 2.24) is 0 Å². The van der Waals surface area contributed by atoms with Crippen LogP contribution in [0.4, 0.5) is 0 Å². The van der Waals surface area contributed by atoms with Gasteiger partial charge in [0.05, 0.1) is 26.4 Å². The van der Waals surface area contributed by atoms with Gasteiger partial charge in [0.25, 0.3) is 5.97 Å². The maximum absolute atomic E-state index is 6.49. The van der Waals surface area contributed by atoms with E-state index in [1.807, 2.05) is 72.8 Å². The third-order valence-electron chi connectivity index (χ3n) is 6.82. The quantitative estimate of drug-likeness (QED) is 0.237. The van der Waals surface area contributed by atoms with Crippen molar-refractivity contribution in [3.05, 3.63) is 105 Å². The molecule has 0 amide bonds. The van der Waals surface area contributed by atoms with Gasteiger partial charge in [0, 0.05) is 29.1 Å². The molecule has 6 atom stereocenters. The van der Waals surface area contributed by atoms with Crippen molar-refractivity contribution in [2.24, 2.45) is 0 Å². The second kappa shape index (κ2) is 13.5. The average molecular weight is 610 g/mol. The Morgan fingerprint density at radius 2 is 1.15 bits per heavy atom. The van der Waals surface area contributed by atoms with Crippen LogP contribution in [0.3, 0.4) is 0 Å². The van der Waals surface area contributed by atoms with Gasteiger partial charge in [0.1, 0.15) is 24.4 Å². The van der Waals surface area contributed by atoms with Crippen LogP contribution in [0, 0.1) is 0 Å². The molecule has 2 aliphatic rings. The van der Waals surface area contributed by atoms with E-state index in [1.165, 1.54) is 7.11 Å². The summed E-state index contributed by atoms with van der Waals surface area (Å²) >= 11 is 18.2. The number of fused-ring (bicyclic) bond motifs is 1. The van der Waals surface area contributed by atoms with Crippen molar-refractivity contribution >= 4 is 34.8 Å². The molecule has 3 aromatic rings. The van der Waals surface area contributed by atoms with E-state index in [0.29, 0.717) is 34.9 Å². The highest BCUT2D eigenvalue weighted by Gasteiger charge is 2.57. The SMILES string of the molecule is CO[C@]1(C)O[C@@H]2O[C@H](COCc3ccc(Cl)cc3)[C@H](OCc3ccc(Cl)cc3)[C@@H](OCc3ccc(Cl)cc3)[C@@H]2O1. The minimum Gasteiger partial charge on any atom is -0.374 e. The van der Waals surface area contributed by atoms with Crippen LogP contribution in [0.1, 0.15) is 23.6 Å². The van der Waals surface area contributed by atoms with Gasteiger partial charge in [-0.2, -0.15) is 0 Å². The first-order chi connectivity index (χ1) is 19.3. The van der Waals surface area contributed by atoms with Crippen LogP contribution in [0.15, 0.2) is 72.8 Å².